The molecule has 0 aliphatic carbocycles. The predicted molar refractivity (Wildman–Crippen MR) is 85.7 cm³/mol. The van der Waals surface area contributed by atoms with Crippen molar-refractivity contribution in [1.29, 1.82) is 0 Å². The van der Waals surface area contributed by atoms with Crippen LogP contribution in [0.4, 0.5) is 0 Å². The molecule has 0 bridgehead atoms. The molecule has 0 aromatic carbocycles. The van der Waals surface area contributed by atoms with Gasteiger partial charge in [-0.1, -0.05) is 0 Å². The molecular formula is C14H18BrClO9. The molecule has 0 radical (unpaired) electrons. The van der Waals surface area contributed by atoms with Crippen molar-refractivity contribution in [2.24, 2.45) is 0 Å². The number of ether oxygens (including phenoxy) is 4. The van der Waals surface area contributed by atoms with E-state index >= 15 is 0 Å². The van der Waals surface area contributed by atoms with Crippen molar-refractivity contribution in [1.82, 2.24) is 0 Å². The lowest BCUT2D eigenvalue weighted by Crippen LogP contribution is -2.67. The highest BCUT2D eigenvalue weighted by atomic mass is 79.9. The number of carbonyl (C=O) groups excluding carboxylic acids is 4. The van der Waals surface area contributed by atoms with Crippen molar-refractivity contribution in [2.75, 3.05) is 6.61 Å². The Hall–Kier alpha value is -1.23. The molecule has 0 amide bonds. The lowest BCUT2D eigenvalue weighted by Gasteiger charge is -2.47. The number of esters is 3. The van der Waals surface area contributed by atoms with Crippen molar-refractivity contribution >= 4 is 51.5 Å². The molecule has 0 saturated carbocycles. The average molecular weight is 446 g/mol. The molecule has 1 aliphatic rings. The largest absolute Gasteiger partial charge is 0.456 e. The van der Waals surface area contributed by atoms with Gasteiger partial charge in [0.1, 0.15) is 6.10 Å². The van der Waals surface area contributed by atoms with E-state index in [-0.39, 0.29) is 6.61 Å². The zero-order chi connectivity index (χ0) is 19.4. The summed E-state index contributed by atoms with van der Waals surface area (Å²) in [6.45, 7) is 4.23. The molecule has 0 unspecified atom stereocenters. The van der Waals surface area contributed by atoms with Crippen molar-refractivity contribution < 1.29 is 42.4 Å². The van der Waals surface area contributed by atoms with Crippen LogP contribution in [0, 0.1) is 0 Å². The quantitative estimate of drug-likeness (QED) is 0.336. The van der Waals surface area contributed by atoms with E-state index in [4.69, 9.17) is 30.8 Å². The highest BCUT2D eigenvalue weighted by molar-refractivity contribution is 9.10. The van der Waals surface area contributed by atoms with Gasteiger partial charge in [-0.05, 0) is 22.9 Å². The number of rotatable bonds is 6. The van der Waals surface area contributed by atoms with Gasteiger partial charge in [-0.2, -0.15) is 0 Å². The van der Waals surface area contributed by atoms with Crippen LogP contribution in [-0.2, 0) is 42.4 Å². The first-order valence-corrected chi connectivity index (χ1v) is 8.26. The van der Waals surface area contributed by atoms with Crippen LogP contribution in [0.15, 0.2) is 0 Å². The fourth-order valence-electron chi connectivity index (χ4n) is 2.40. The fourth-order valence-corrected chi connectivity index (χ4v) is 3.12. The van der Waals surface area contributed by atoms with Crippen molar-refractivity contribution in [2.45, 2.75) is 56.6 Å². The summed E-state index contributed by atoms with van der Waals surface area (Å²) in [4.78, 5) is 46.6. The van der Waals surface area contributed by atoms with E-state index in [0.29, 0.717) is 0 Å². The van der Waals surface area contributed by atoms with Crippen LogP contribution in [0.5, 0.6) is 0 Å². The molecule has 0 spiro atoms. The Labute approximate surface area is 157 Å². The molecule has 9 nitrogen and oxygen atoms in total. The average Bonchev–Trinajstić information content (AvgIpc) is 2.45. The first kappa shape index (κ1) is 21.8. The molecule has 1 fully saturated rings. The summed E-state index contributed by atoms with van der Waals surface area (Å²) in [5.74, 6) is -2.79. The summed E-state index contributed by atoms with van der Waals surface area (Å²) in [5.41, 5.74) is 0. The summed E-state index contributed by atoms with van der Waals surface area (Å²) in [7, 11) is 0. The molecule has 0 aromatic heterocycles. The number of carbonyl (C=O) groups is 4. The fraction of sp³-hybridized carbons (Fsp3) is 0.714. The van der Waals surface area contributed by atoms with Gasteiger partial charge in [-0.15, -0.1) is 0 Å². The van der Waals surface area contributed by atoms with Gasteiger partial charge in [-0.3, -0.25) is 23.5 Å². The van der Waals surface area contributed by atoms with Gasteiger partial charge < -0.3 is 18.9 Å². The minimum atomic E-state index is -1.85. The summed E-state index contributed by atoms with van der Waals surface area (Å²) in [5, 5.41) is 0. The van der Waals surface area contributed by atoms with E-state index in [1.165, 1.54) is 6.92 Å². The summed E-state index contributed by atoms with van der Waals surface area (Å²) < 4.78 is 23.8. The number of hydrogen-bond acceptors (Lipinski definition) is 9. The molecule has 1 heterocycles. The molecule has 142 valence electrons. The van der Waals surface area contributed by atoms with Crippen LogP contribution in [0.2, 0.25) is 0 Å². The molecule has 0 aromatic rings. The minimum absolute atomic E-state index is 0.301. The SMILES string of the molecule is CC(=O)O[C@H]1[C@H](OC(C)=O)[C@@H](COCl)O[C@](Br)(C(C)=O)[C@@H]1OC(C)=O. The van der Waals surface area contributed by atoms with Gasteiger partial charge in [0.25, 0.3) is 0 Å². The summed E-state index contributed by atoms with van der Waals surface area (Å²) in [6, 6.07) is 0. The summed E-state index contributed by atoms with van der Waals surface area (Å²) in [6.07, 6.45) is -5.06. The second-order valence-corrected chi connectivity index (χ2v) is 6.71. The van der Waals surface area contributed by atoms with Gasteiger partial charge in [0, 0.05) is 20.8 Å². The van der Waals surface area contributed by atoms with Crippen molar-refractivity contribution in [3.63, 3.8) is 0 Å². The Morgan fingerprint density at radius 2 is 1.44 bits per heavy atom. The highest BCUT2D eigenvalue weighted by Crippen LogP contribution is 2.40. The number of Topliss-reactive ketones (excluding diaryl/α,β-unsaturated/α-hetero) is 1. The number of alkyl halides is 1. The Morgan fingerprint density at radius 1 is 0.960 bits per heavy atom. The van der Waals surface area contributed by atoms with E-state index in [1.807, 2.05) is 0 Å². The monoisotopic (exact) mass is 444 g/mol. The molecule has 25 heavy (non-hydrogen) atoms. The Kier molecular flexibility index (Phi) is 7.79. The first-order chi connectivity index (χ1) is 11.5. The van der Waals surface area contributed by atoms with Crippen LogP contribution < -0.4 is 0 Å². The normalized spacial score (nSPS) is 31.8. The van der Waals surface area contributed by atoms with Crippen LogP contribution in [0.25, 0.3) is 0 Å². The van der Waals surface area contributed by atoms with Crippen LogP contribution in [0.1, 0.15) is 27.7 Å². The van der Waals surface area contributed by atoms with E-state index in [9.17, 15) is 19.2 Å². The molecular weight excluding hydrogens is 428 g/mol. The zero-order valence-electron chi connectivity index (χ0n) is 13.9. The van der Waals surface area contributed by atoms with Crippen LogP contribution in [-0.4, -0.2) is 59.2 Å². The maximum atomic E-state index is 12.1. The van der Waals surface area contributed by atoms with E-state index in [1.54, 1.807) is 0 Å². The second kappa shape index (κ2) is 8.93. The standard InChI is InChI=1S/C14H18BrClO9/c1-6(17)14(15)13(24-9(4)20)12(23-8(3)19)11(22-7(2)18)10(25-14)5-21-16/h10-13H,5H2,1-4H3/t10-,11-,12+,13-,14-/m1/s1. The Bertz CT molecular complexity index is 554. The molecule has 11 heteroatoms. The van der Waals surface area contributed by atoms with Gasteiger partial charge in [0.05, 0.1) is 18.5 Å². The maximum absolute atomic E-state index is 12.1. The number of hydrogen-bond donors (Lipinski definition) is 0. The van der Waals surface area contributed by atoms with E-state index in [2.05, 4.69) is 20.2 Å². The second-order valence-electron chi connectivity index (χ2n) is 5.31. The van der Waals surface area contributed by atoms with Gasteiger partial charge in [-0.25, -0.2) is 0 Å². The summed E-state index contributed by atoms with van der Waals surface area (Å²) >= 11 is 8.38. The third-order valence-electron chi connectivity index (χ3n) is 3.28. The van der Waals surface area contributed by atoms with Gasteiger partial charge in [0.15, 0.2) is 24.1 Å². The molecule has 0 N–H and O–H groups in total. The maximum Gasteiger partial charge on any atom is 0.303 e. The lowest BCUT2D eigenvalue weighted by molar-refractivity contribution is -0.252. The number of ketones is 1. The van der Waals surface area contributed by atoms with Crippen molar-refractivity contribution in [3.05, 3.63) is 0 Å². The van der Waals surface area contributed by atoms with E-state index < -0.39 is 52.6 Å². The third kappa shape index (κ3) is 5.37. The van der Waals surface area contributed by atoms with Crippen molar-refractivity contribution in [3.8, 4) is 0 Å². The zero-order valence-corrected chi connectivity index (χ0v) is 16.3. The highest BCUT2D eigenvalue weighted by Gasteiger charge is 2.61. The van der Waals surface area contributed by atoms with Crippen LogP contribution in [0.3, 0.4) is 0 Å². The molecule has 5 atom stereocenters. The van der Waals surface area contributed by atoms with Gasteiger partial charge in [0.2, 0.25) is 4.51 Å². The molecule has 1 saturated heterocycles. The third-order valence-corrected chi connectivity index (χ3v) is 4.60. The minimum Gasteiger partial charge on any atom is -0.456 e. The number of halogens is 2. The lowest BCUT2D eigenvalue weighted by atomic mass is 9.92. The topological polar surface area (TPSA) is 114 Å². The molecule has 1 aliphatic heterocycles. The Balaban J connectivity index is 3.42. The molecule has 1 rings (SSSR count). The van der Waals surface area contributed by atoms with Gasteiger partial charge >= 0.3 is 17.9 Å². The smallest absolute Gasteiger partial charge is 0.303 e. The predicted octanol–water partition coefficient (Wildman–Crippen LogP) is 1.03. The first-order valence-electron chi connectivity index (χ1n) is 7.15. The van der Waals surface area contributed by atoms with E-state index in [0.717, 1.165) is 20.8 Å². The Morgan fingerprint density at radius 3 is 1.84 bits per heavy atom. The van der Waals surface area contributed by atoms with Crippen LogP contribution >= 0.6 is 27.8 Å².